The van der Waals surface area contributed by atoms with Gasteiger partial charge in [0.2, 0.25) is 10.0 Å². The number of aliphatic hydroxyl groups is 1. The summed E-state index contributed by atoms with van der Waals surface area (Å²) in [4.78, 5) is 11.3. The van der Waals surface area contributed by atoms with Gasteiger partial charge in [0, 0.05) is 5.56 Å². The largest absolute Gasteiger partial charge is 0.388 e. The molecule has 100 valence electrons. The Hall–Kier alpha value is -1.60. The molecule has 0 spiro atoms. The van der Waals surface area contributed by atoms with E-state index in [1.807, 2.05) is 0 Å². The summed E-state index contributed by atoms with van der Waals surface area (Å²) in [5.74, 6) is -0.758. The number of nitrogens with one attached hydrogen (secondary N) is 1. The average Bonchev–Trinajstić information content (AvgIpc) is 2.25. The molecule has 4 N–H and O–H groups in total. The molecule has 0 saturated carbocycles. The minimum atomic E-state index is -3.57. The van der Waals surface area contributed by atoms with Crippen molar-refractivity contribution >= 4 is 21.6 Å². The summed E-state index contributed by atoms with van der Waals surface area (Å²) in [6.45, 7) is 1.74. The minimum Gasteiger partial charge on any atom is -0.388 e. The first kappa shape index (κ1) is 14.5. The lowest BCUT2D eigenvalue weighted by atomic mass is 10.0. The lowest BCUT2D eigenvalue weighted by molar-refractivity contribution is 0.100. The van der Waals surface area contributed by atoms with E-state index in [0.29, 0.717) is 12.0 Å². The third-order valence-corrected chi connectivity index (χ3v) is 2.97. The third kappa shape index (κ3) is 3.44. The Bertz CT molecular complexity index is 554. The van der Waals surface area contributed by atoms with E-state index in [-0.39, 0.29) is 11.3 Å². The maximum Gasteiger partial charge on any atom is 0.250 e. The number of sulfonamides is 1. The van der Waals surface area contributed by atoms with Gasteiger partial charge in [-0.25, -0.2) is 8.42 Å². The van der Waals surface area contributed by atoms with E-state index in [4.69, 9.17) is 5.73 Å². The maximum absolute atomic E-state index is 11.3. The van der Waals surface area contributed by atoms with Gasteiger partial charge in [-0.3, -0.25) is 9.52 Å². The average molecular weight is 272 g/mol. The summed E-state index contributed by atoms with van der Waals surface area (Å²) in [6.07, 6.45) is 0.488. The molecule has 0 radical (unpaired) electrons. The molecular weight excluding hydrogens is 256 g/mol. The van der Waals surface area contributed by atoms with E-state index >= 15 is 0 Å². The number of amides is 1. The summed E-state index contributed by atoms with van der Waals surface area (Å²) >= 11 is 0. The predicted molar refractivity (Wildman–Crippen MR) is 68.7 cm³/mol. The molecule has 18 heavy (non-hydrogen) atoms. The Morgan fingerprint density at radius 1 is 1.50 bits per heavy atom. The lowest BCUT2D eigenvalue weighted by Gasteiger charge is -2.17. The maximum atomic E-state index is 11.3. The van der Waals surface area contributed by atoms with Gasteiger partial charge in [-0.05, 0) is 12.5 Å². The molecular formula is C11H16N2O4S. The number of carbonyl (C=O) groups is 1. The van der Waals surface area contributed by atoms with E-state index < -0.39 is 22.0 Å². The van der Waals surface area contributed by atoms with Crippen LogP contribution < -0.4 is 10.5 Å². The van der Waals surface area contributed by atoms with E-state index in [0.717, 1.165) is 6.26 Å². The first-order valence-corrected chi connectivity index (χ1v) is 7.24. The fourth-order valence-electron chi connectivity index (χ4n) is 1.57. The molecule has 0 aromatic heterocycles. The van der Waals surface area contributed by atoms with Crippen molar-refractivity contribution in [3.63, 3.8) is 0 Å². The number of rotatable bonds is 5. The molecule has 6 nitrogen and oxygen atoms in total. The number of aliphatic hydroxyl groups excluding tert-OH is 1. The van der Waals surface area contributed by atoms with Crippen molar-refractivity contribution in [2.45, 2.75) is 19.4 Å². The summed E-state index contributed by atoms with van der Waals surface area (Å²) in [5.41, 5.74) is 5.60. The normalized spacial score (nSPS) is 13.1. The second-order valence-electron chi connectivity index (χ2n) is 3.93. The molecule has 0 saturated heterocycles. The van der Waals surface area contributed by atoms with Crippen molar-refractivity contribution in [3.8, 4) is 0 Å². The van der Waals surface area contributed by atoms with Crippen LogP contribution in [0.15, 0.2) is 18.2 Å². The number of hydrogen-bond acceptors (Lipinski definition) is 4. The molecule has 1 unspecified atom stereocenters. The van der Waals surface area contributed by atoms with E-state index in [2.05, 4.69) is 4.72 Å². The number of primary amides is 1. The SMILES string of the molecule is CCC(O)c1cccc(C(N)=O)c1NS(C)(=O)=O. The Morgan fingerprint density at radius 3 is 2.56 bits per heavy atom. The van der Waals surface area contributed by atoms with Crippen LogP contribution in [0.5, 0.6) is 0 Å². The number of nitrogens with two attached hydrogens (primary N) is 1. The van der Waals surface area contributed by atoms with Crippen LogP contribution in [0.25, 0.3) is 0 Å². The highest BCUT2D eigenvalue weighted by molar-refractivity contribution is 7.92. The predicted octanol–water partition coefficient (Wildman–Crippen LogP) is 0.600. The van der Waals surface area contributed by atoms with Gasteiger partial charge in [0.15, 0.2) is 0 Å². The van der Waals surface area contributed by atoms with Gasteiger partial charge in [0.25, 0.3) is 5.91 Å². The number of benzene rings is 1. The van der Waals surface area contributed by atoms with Crippen molar-refractivity contribution in [2.24, 2.45) is 5.73 Å². The van der Waals surface area contributed by atoms with Crippen LogP contribution in [0.3, 0.4) is 0 Å². The summed E-state index contributed by atoms with van der Waals surface area (Å²) in [7, 11) is -3.57. The Morgan fingerprint density at radius 2 is 2.11 bits per heavy atom. The number of para-hydroxylation sites is 1. The van der Waals surface area contributed by atoms with Crippen molar-refractivity contribution < 1.29 is 18.3 Å². The van der Waals surface area contributed by atoms with Crippen LogP contribution in [0, 0.1) is 0 Å². The zero-order chi connectivity index (χ0) is 13.9. The Balaban J connectivity index is 3.43. The van der Waals surface area contributed by atoms with Crippen LogP contribution in [0.4, 0.5) is 5.69 Å². The molecule has 0 aliphatic heterocycles. The molecule has 1 atom stereocenters. The first-order valence-electron chi connectivity index (χ1n) is 5.34. The van der Waals surface area contributed by atoms with Gasteiger partial charge in [-0.15, -0.1) is 0 Å². The molecule has 7 heteroatoms. The standard InChI is InChI=1S/C11H16N2O4S/c1-3-9(14)7-5-4-6-8(11(12)15)10(7)13-18(2,16)17/h4-6,9,13-14H,3H2,1-2H3,(H2,12,15). The monoisotopic (exact) mass is 272 g/mol. The summed E-state index contributed by atoms with van der Waals surface area (Å²) in [5, 5.41) is 9.83. The summed E-state index contributed by atoms with van der Waals surface area (Å²) in [6, 6.07) is 4.50. The molecule has 1 aromatic carbocycles. The van der Waals surface area contributed by atoms with Gasteiger partial charge >= 0.3 is 0 Å². The molecule has 0 fully saturated rings. The minimum absolute atomic E-state index is 0.0328. The molecule has 0 heterocycles. The molecule has 0 bridgehead atoms. The highest BCUT2D eigenvalue weighted by atomic mass is 32.2. The van der Waals surface area contributed by atoms with Crippen molar-refractivity contribution in [1.82, 2.24) is 0 Å². The van der Waals surface area contributed by atoms with Gasteiger partial charge in [0.05, 0.1) is 23.6 Å². The van der Waals surface area contributed by atoms with Crippen molar-refractivity contribution in [3.05, 3.63) is 29.3 Å². The van der Waals surface area contributed by atoms with Crippen molar-refractivity contribution in [2.75, 3.05) is 11.0 Å². The summed E-state index contributed by atoms with van der Waals surface area (Å²) < 4.78 is 24.8. The van der Waals surface area contributed by atoms with Gasteiger partial charge in [-0.2, -0.15) is 0 Å². The Kier molecular flexibility index (Phi) is 4.31. The zero-order valence-electron chi connectivity index (χ0n) is 10.2. The first-order chi connectivity index (χ1) is 8.26. The number of anilines is 1. The van der Waals surface area contributed by atoms with Gasteiger partial charge in [0.1, 0.15) is 0 Å². The quantitative estimate of drug-likeness (QED) is 0.729. The van der Waals surface area contributed by atoms with E-state index in [1.54, 1.807) is 19.1 Å². The highest BCUT2D eigenvalue weighted by Crippen LogP contribution is 2.29. The van der Waals surface area contributed by atoms with E-state index in [9.17, 15) is 18.3 Å². The molecule has 0 aliphatic carbocycles. The fraction of sp³-hybridized carbons (Fsp3) is 0.364. The molecule has 1 amide bonds. The second kappa shape index (κ2) is 5.36. The Labute approximate surface area is 106 Å². The van der Waals surface area contributed by atoms with Crippen LogP contribution in [0.1, 0.15) is 35.4 Å². The fourth-order valence-corrected chi connectivity index (χ4v) is 2.17. The van der Waals surface area contributed by atoms with Gasteiger partial charge in [-0.1, -0.05) is 19.1 Å². The lowest BCUT2D eigenvalue weighted by Crippen LogP contribution is -2.19. The third-order valence-electron chi connectivity index (χ3n) is 2.40. The van der Waals surface area contributed by atoms with Gasteiger partial charge < -0.3 is 10.8 Å². The van der Waals surface area contributed by atoms with Crippen LogP contribution in [0.2, 0.25) is 0 Å². The van der Waals surface area contributed by atoms with E-state index in [1.165, 1.54) is 6.07 Å². The van der Waals surface area contributed by atoms with Crippen LogP contribution >= 0.6 is 0 Å². The topological polar surface area (TPSA) is 109 Å². The smallest absolute Gasteiger partial charge is 0.250 e. The van der Waals surface area contributed by atoms with Crippen LogP contribution in [-0.4, -0.2) is 25.7 Å². The number of hydrogen-bond donors (Lipinski definition) is 3. The van der Waals surface area contributed by atoms with Crippen LogP contribution in [-0.2, 0) is 10.0 Å². The molecule has 1 aromatic rings. The molecule has 1 rings (SSSR count). The van der Waals surface area contributed by atoms with Crippen molar-refractivity contribution in [1.29, 1.82) is 0 Å². The number of carbonyl (C=O) groups excluding carboxylic acids is 1. The second-order valence-corrected chi connectivity index (χ2v) is 5.68. The zero-order valence-corrected chi connectivity index (χ0v) is 11.0. The highest BCUT2D eigenvalue weighted by Gasteiger charge is 2.19. The molecule has 0 aliphatic rings.